The van der Waals surface area contributed by atoms with Crippen molar-refractivity contribution in [3.8, 4) is 11.1 Å². The van der Waals surface area contributed by atoms with Gasteiger partial charge in [0, 0.05) is 30.2 Å². The second-order valence-corrected chi connectivity index (χ2v) is 6.36. The second kappa shape index (κ2) is 6.54. The molecule has 27 heavy (non-hydrogen) atoms. The van der Waals surface area contributed by atoms with E-state index in [1.54, 1.807) is 17.3 Å². The van der Waals surface area contributed by atoms with E-state index < -0.39 is 17.6 Å². The van der Waals surface area contributed by atoms with Gasteiger partial charge in [-0.05, 0) is 65.6 Å². The number of aromatic nitrogens is 1. The summed E-state index contributed by atoms with van der Waals surface area (Å²) in [5, 5.41) is 0. The molecule has 0 saturated heterocycles. The minimum Gasteiger partial charge on any atom is -0.308 e. The molecular formula is C21H15F3N2O. The predicted molar refractivity (Wildman–Crippen MR) is 96.5 cm³/mol. The first kappa shape index (κ1) is 17.3. The maximum absolute atomic E-state index is 12.9. The lowest BCUT2D eigenvalue weighted by molar-refractivity contribution is -0.137. The monoisotopic (exact) mass is 368 g/mol. The number of fused-ring (bicyclic) bond motifs is 1. The van der Waals surface area contributed by atoms with Crippen LogP contribution >= 0.6 is 0 Å². The van der Waals surface area contributed by atoms with Crippen LogP contribution in [0.1, 0.15) is 21.5 Å². The molecule has 0 fully saturated rings. The summed E-state index contributed by atoms with van der Waals surface area (Å²) in [6, 6.07) is 14.1. The number of rotatable bonds is 2. The van der Waals surface area contributed by atoms with Crippen molar-refractivity contribution in [3.05, 3.63) is 83.7 Å². The lowest BCUT2D eigenvalue weighted by atomic mass is 10.0. The lowest BCUT2D eigenvalue weighted by Crippen LogP contribution is -2.29. The number of carbonyl (C=O) groups excluding carboxylic acids is 1. The highest BCUT2D eigenvalue weighted by Gasteiger charge is 2.32. The van der Waals surface area contributed by atoms with E-state index in [9.17, 15) is 18.0 Å². The number of alkyl halides is 3. The van der Waals surface area contributed by atoms with Gasteiger partial charge in [0.25, 0.3) is 5.91 Å². The van der Waals surface area contributed by atoms with Gasteiger partial charge in [-0.15, -0.1) is 0 Å². The van der Waals surface area contributed by atoms with Crippen LogP contribution < -0.4 is 4.90 Å². The molecule has 3 aromatic rings. The number of carbonyl (C=O) groups is 1. The summed E-state index contributed by atoms with van der Waals surface area (Å²) < 4.78 is 38.8. The van der Waals surface area contributed by atoms with E-state index >= 15 is 0 Å². The number of anilines is 1. The van der Waals surface area contributed by atoms with Crippen molar-refractivity contribution >= 4 is 11.6 Å². The van der Waals surface area contributed by atoms with Crippen molar-refractivity contribution in [1.82, 2.24) is 4.98 Å². The molecule has 0 saturated carbocycles. The number of amides is 1. The molecule has 0 aliphatic carbocycles. The van der Waals surface area contributed by atoms with Crippen LogP contribution in [0.4, 0.5) is 18.9 Å². The minimum absolute atomic E-state index is 0.0379. The van der Waals surface area contributed by atoms with E-state index in [2.05, 4.69) is 4.98 Å². The molecule has 6 heteroatoms. The SMILES string of the molecule is O=C(c1cccc(C(F)(F)F)c1)N1CCc2cc(-c3ccncc3)ccc21. The Kier molecular flexibility index (Phi) is 4.18. The van der Waals surface area contributed by atoms with Crippen molar-refractivity contribution < 1.29 is 18.0 Å². The van der Waals surface area contributed by atoms with Crippen LogP contribution in [0.25, 0.3) is 11.1 Å². The van der Waals surface area contributed by atoms with Crippen LogP contribution in [0.2, 0.25) is 0 Å². The van der Waals surface area contributed by atoms with Crippen molar-refractivity contribution in [2.24, 2.45) is 0 Å². The number of nitrogens with zero attached hydrogens (tertiary/aromatic N) is 2. The summed E-state index contributed by atoms with van der Waals surface area (Å²) in [7, 11) is 0. The number of halogens is 3. The smallest absolute Gasteiger partial charge is 0.308 e. The van der Waals surface area contributed by atoms with Gasteiger partial charge in [-0.3, -0.25) is 9.78 Å². The van der Waals surface area contributed by atoms with E-state index in [0.29, 0.717) is 13.0 Å². The Hall–Kier alpha value is -3.15. The second-order valence-electron chi connectivity index (χ2n) is 6.36. The zero-order valence-corrected chi connectivity index (χ0v) is 14.2. The maximum Gasteiger partial charge on any atom is 0.416 e. The Morgan fingerprint density at radius 3 is 2.48 bits per heavy atom. The van der Waals surface area contributed by atoms with E-state index in [1.165, 1.54) is 12.1 Å². The van der Waals surface area contributed by atoms with Crippen molar-refractivity contribution in [3.63, 3.8) is 0 Å². The van der Waals surface area contributed by atoms with Crippen LogP contribution in [0.15, 0.2) is 67.0 Å². The molecule has 1 aromatic heterocycles. The predicted octanol–water partition coefficient (Wildman–Crippen LogP) is 4.97. The highest BCUT2D eigenvalue weighted by molar-refractivity contribution is 6.07. The summed E-state index contributed by atoms with van der Waals surface area (Å²) in [5.74, 6) is -0.420. The average molecular weight is 368 g/mol. The third kappa shape index (κ3) is 3.30. The van der Waals surface area contributed by atoms with Gasteiger partial charge < -0.3 is 4.90 Å². The van der Waals surface area contributed by atoms with E-state index in [1.807, 2.05) is 30.3 Å². The molecule has 2 aromatic carbocycles. The summed E-state index contributed by atoms with van der Waals surface area (Å²) in [5.41, 5.74) is 3.01. The third-order valence-electron chi connectivity index (χ3n) is 4.67. The van der Waals surface area contributed by atoms with Crippen molar-refractivity contribution in [1.29, 1.82) is 0 Å². The third-order valence-corrected chi connectivity index (χ3v) is 4.67. The molecule has 3 nitrogen and oxygen atoms in total. The standard InChI is InChI=1S/C21H15F3N2O/c22-21(23,24)18-3-1-2-17(13-18)20(27)26-11-8-16-12-15(4-5-19(16)26)14-6-9-25-10-7-14/h1-7,9-10,12-13H,8,11H2. The van der Waals surface area contributed by atoms with E-state index in [0.717, 1.165) is 34.5 Å². The van der Waals surface area contributed by atoms with Crippen LogP contribution in [0.5, 0.6) is 0 Å². The largest absolute Gasteiger partial charge is 0.416 e. The molecule has 1 aliphatic heterocycles. The van der Waals surface area contributed by atoms with Gasteiger partial charge in [0.2, 0.25) is 0 Å². The van der Waals surface area contributed by atoms with Gasteiger partial charge in [-0.1, -0.05) is 12.1 Å². The van der Waals surface area contributed by atoms with Gasteiger partial charge >= 0.3 is 6.18 Å². The first-order valence-electron chi connectivity index (χ1n) is 8.46. The number of pyridine rings is 1. The molecule has 2 heterocycles. The van der Waals surface area contributed by atoms with Crippen molar-refractivity contribution in [2.75, 3.05) is 11.4 Å². The van der Waals surface area contributed by atoms with Crippen LogP contribution in [0, 0.1) is 0 Å². The molecule has 1 aliphatic rings. The zero-order valence-electron chi connectivity index (χ0n) is 14.2. The Morgan fingerprint density at radius 2 is 1.74 bits per heavy atom. The summed E-state index contributed by atoms with van der Waals surface area (Å²) >= 11 is 0. The molecule has 0 radical (unpaired) electrons. The highest BCUT2D eigenvalue weighted by Crippen LogP contribution is 2.34. The van der Waals surface area contributed by atoms with Gasteiger partial charge in [0.05, 0.1) is 5.56 Å². The fourth-order valence-corrected chi connectivity index (χ4v) is 3.32. The molecular weight excluding hydrogens is 353 g/mol. The molecule has 136 valence electrons. The Bertz CT molecular complexity index is 1000. The van der Waals surface area contributed by atoms with Crippen LogP contribution in [0.3, 0.4) is 0 Å². The molecule has 0 unspecified atom stereocenters. The molecule has 0 spiro atoms. The van der Waals surface area contributed by atoms with Crippen molar-refractivity contribution in [2.45, 2.75) is 12.6 Å². The molecule has 4 rings (SSSR count). The fourth-order valence-electron chi connectivity index (χ4n) is 3.32. The maximum atomic E-state index is 12.9. The molecule has 1 amide bonds. The Balaban J connectivity index is 1.64. The van der Waals surface area contributed by atoms with E-state index in [4.69, 9.17) is 0 Å². The topological polar surface area (TPSA) is 33.2 Å². The number of hydrogen-bond donors (Lipinski definition) is 0. The minimum atomic E-state index is -4.47. The quantitative estimate of drug-likeness (QED) is 0.640. The Morgan fingerprint density at radius 1 is 0.963 bits per heavy atom. The first-order chi connectivity index (χ1) is 12.9. The van der Waals surface area contributed by atoms with Gasteiger partial charge in [-0.25, -0.2) is 0 Å². The fraction of sp³-hybridized carbons (Fsp3) is 0.143. The molecule has 0 atom stereocenters. The lowest BCUT2D eigenvalue weighted by Gasteiger charge is -2.18. The molecule has 0 N–H and O–H groups in total. The van der Waals surface area contributed by atoms with Crippen LogP contribution in [-0.4, -0.2) is 17.4 Å². The number of hydrogen-bond acceptors (Lipinski definition) is 2. The zero-order chi connectivity index (χ0) is 19.0. The first-order valence-corrected chi connectivity index (χ1v) is 8.46. The normalized spacial score (nSPS) is 13.5. The molecule has 0 bridgehead atoms. The summed E-state index contributed by atoms with van der Waals surface area (Å²) in [6.07, 6.45) is -0.379. The average Bonchev–Trinajstić information content (AvgIpc) is 3.11. The van der Waals surface area contributed by atoms with Gasteiger partial charge in [0.15, 0.2) is 0 Å². The van der Waals surface area contributed by atoms with Gasteiger partial charge in [-0.2, -0.15) is 13.2 Å². The number of benzene rings is 2. The summed E-state index contributed by atoms with van der Waals surface area (Å²) in [6.45, 7) is 0.449. The van der Waals surface area contributed by atoms with Gasteiger partial charge in [0.1, 0.15) is 0 Å². The van der Waals surface area contributed by atoms with E-state index in [-0.39, 0.29) is 5.56 Å². The Labute approximate surface area is 154 Å². The summed E-state index contributed by atoms with van der Waals surface area (Å²) in [4.78, 5) is 18.3. The van der Waals surface area contributed by atoms with Crippen LogP contribution in [-0.2, 0) is 12.6 Å². The highest BCUT2D eigenvalue weighted by atomic mass is 19.4.